The number of hydrogen-bond acceptors (Lipinski definition) is 6. The van der Waals surface area contributed by atoms with Gasteiger partial charge in [-0.3, -0.25) is 4.72 Å². The van der Waals surface area contributed by atoms with E-state index in [2.05, 4.69) is 9.62 Å². The van der Waals surface area contributed by atoms with Crippen molar-refractivity contribution < 1.29 is 22.7 Å². The number of fused-ring (bicyclic) bond motifs is 1. The lowest BCUT2D eigenvalue weighted by molar-refractivity contribution is 0.0699. The first-order chi connectivity index (χ1) is 18.1. The molecule has 41 heavy (non-hydrogen) atoms. The first-order valence-electron chi connectivity index (χ1n) is 12.1. The van der Waals surface area contributed by atoms with Gasteiger partial charge in [0.25, 0.3) is 10.0 Å². The highest BCUT2D eigenvalue weighted by molar-refractivity contribution is 7.92. The Morgan fingerprint density at radius 1 is 0.878 bits per heavy atom. The molecule has 1 saturated heterocycles. The first kappa shape index (κ1) is 33.9. The third-order valence-electron chi connectivity index (χ3n) is 6.71. The van der Waals surface area contributed by atoms with Gasteiger partial charge < -0.3 is 14.9 Å². The van der Waals surface area contributed by atoms with Gasteiger partial charge in [0, 0.05) is 42.9 Å². The van der Waals surface area contributed by atoms with Gasteiger partial charge in [0.2, 0.25) is 0 Å². The fourth-order valence-corrected chi connectivity index (χ4v) is 6.05. The van der Waals surface area contributed by atoms with Crippen molar-refractivity contribution in [3.63, 3.8) is 0 Å². The number of carbonyl (C=O) groups is 1. The van der Waals surface area contributed by atoms with Gasteiger partial charge in [0.15, 0.2) is 0 Å². The summed E-state index contributed by atoms with van der Waals surface area (Å²) >= 11 is 0. The molecule has 0 bridgehead atoms. The molecule has 2 N–H and O–H groups in total. The van der Waals surface area contributed by atoms with E-state index in [4.69, 9.17) is 4.98 Å². The van der Waals surface area contributed by atoms with E-state index < -0.39 is 16.0 Å². The van der Waals surface area contributed by atoms with Crippen LogP contribution in [0.5, 0.6) is 0 Å². The van der Waals surface area contributed by atoms with E-state index in [-0.39, 0.29) is 59.2 Å². The molecule has 3 aromatic carbocycles. The van der Waals surface area contributed by atoms with Gasteiger partial charge in [-0.2, -0.15) is 0 Å². The number of pyridine rings is 1. The van der Waals surface area contributed by atoms with Gasteiger partial charge in [0.05, 0.1) is 16.0 Å². The van der Waals surface area contributed by atoms with Crippen LogP contribution in [0.25, 0.3) is 10.9 Å². The summed E-state index contributed by atoms with van der Waals surface area (Å²) in [5, 5.41) is 10.3. The number of anilines is 3. The molecule has 1 aliphatic heterocycles. The summed E-state index contributed by atoms with van der Waals surface area (Å²) in [6.45, 7) is 6.12. The summed E-state index contributed by atoms with van der Waals surface area (Å²) in [6, 6.07) is 17.8. The number of halogens is 4. The average molecular weight is 644 g/mol. The lowest BCUT2D eigenvalue weighted by Gasteiger charge is -2.37. The Hall–Kier alpha value is -3.31. The highest BCUT2D eigenvalue weighted by Gasteiger charge is 2.22. The zero-order valence-electron chi connectivity index (χ0n) is 22.2. The normalized spacial score (nSPS) is 13.0. The van der Waals surface area contributed by atoms with Crippen LogP contribution in [0, 0.1) is 19.7 Å². The fraction of sp³-hybridized carbons (Fsp3) is 0.214. The topological polar surface area (TPSA) is 103 Å². The number of carboxylic acids is 1. The smallest absolute Gasteiger partial charge is 0.336 e. The Kier molecular flexibility index (Phi) is 11.2. The number of aryl methyl sites for hydroxylation is 2. The molecule has 8 nitrogen and oxygen atoms in total. The molecule has 0 saturated carbocycles. The Labute approximate surface area is 256 Å². The molecule has 0 amide bonds. The molecule has 1 fully saturated rings. The van der Waals surface area contributed by atoms with Crippen molar-refractivity contribution in [2.24, 2.45) is 0 Å². The third kappa shape index (κ3) is 7.32. The van der Waals surface area contributed by atoms with Crippen LogP contribution in [-0.4, -0.2) is 50.7 Å². The number of benzene rings is 3. The second-order valence-corrected chi connectivity index (χ2v) is 11.0. The van der Waals surface area contributed by atoms with E-state index in [0.29, 0.717) is 48.5 Å². The number of nitrogens with zero attached hydrogens (tertiary/aromatic N) is 3. The Bertz CT molecular complexity index is 1650. The molecule has 0 atom stereocenters. The summed E-state index contributed by atoms with van der Waals surface area (Å²) in [5.41, 5.74) is 3.11. The second kappa shape index (κ2) is 13.6. The number of carboxylic acid groups (broad SMARTS) is 1. The van der Waals surface area contributed by atoms with Crippen LogP contribution in [0.4, 0.5) is 21.6 Å². The van der Waals surface area contributed by atoms with Gasteiger partial charge in [0.1, 0.15) is 11.6 Å². The van der Waals surface area contributed by atoms with Gasteiger partial charge in [-0.15, -0.1) is 37.2 Å². The number of rotatable bonds is 6. The van der Waals surface area contributed by atoms with Gasteiger partial charge in [-0.25, -0.2) is 22.6 Å². The molecule has 1 aliphatic rings. The second-order valence-electron chi connectivity index (χ2n) is 9.39. The maximum Gasteiger partial charge on any atom is 0.336 e. The maximum absolute atomic E-state index is 13.3. The number of aromatic carboxylic acids is 1. The SMILES string of the molecule is Cc1ccc(C)c(S(=O)(=O)Nc2ccc3nc(N4CCN(c5ccc(F)cc5)CC4)cc(C(=O)O)c3c2)c1.Cl.Cl.Cl. The number of piperazine rings is 1. The number of sulfonamides is 1. The van der Waals surface area contributed by atoms with Crippen molar-refractivity contribution in [2.75, 3.05) is 40.7 Å². The molecular formula is C28H30Cl3FN4O4S. The van der Waals surface area contributed by atoms with Crippen molar-refractivity contribution in [2.45, 2.75) is 18.7 Å². The highest BCUT2D eigenvalue weighted by atomic mass is 35.5. The molecule has 0 unspecified atom stereocenters. The molecule has 0 aliphatic carbocycles. The first-order valence-corrected chi connectivity index (χ1v) is 13.6. The third-order valence-corrected chi connectivity index (χ3v) is 8.23. The van der Waals surface area contributed by atoms with E-state index in [1.165, 1.54) is 24.3 Å². The van der Waals surface area contributed by atoms with Crippen LogP contribution in [-0.2, 0) is 10.0 Å². The number of nitrogens with one attached hydrogen (secondary N) is 1. The quantitative estimate of drug-likeness (QED) is 0.263. The molecule has 1 aromatic heterocycles. The van der Waals surface area contributed by atoms with Gasteiger partial charge in [-0.1, -0.05) is 12.1 Å². The lowest BCUT2D eigenvalue weighted by Crippen LogP contribution is -2.46. The van der Waals surface area contributed by atoms with Crippen molar-refractivity contribution in [3.8, 4) is 0 Å². The van der Waals surface area contributed by atoms with Crippen LogP contribution >= 0.6 is 37.2 Å². The highest BCUT2D eigenvalue weighted by Crippen LogP contribution is 2.29. The monoisotopic (exact) mass is 642 g/mol. The number of aromatic nitrogens is 1. The predicted octanol–water partition coefficient (Wildman–Crippen LogP) is 6.08. The molecule has 2 heterocycles. The minimum Gasteiger partial charge on any atom is -0.478 e. The maximum atomic E-state index is 13.3. The van der Waals surface area contributed by atoms with E-state index in [1.54, 1.807) is 43.3 Å². The Balaban J connectivity index is 0.00000196. The molecule has 220 valence electrons. The molecule has 4 aromatic rings. The summed E-state index contributed by atoms with van der Waals surface area (Å²) in [6.07, 6.45) is 0. The number of hydrogen-bond donors (Lipinski definition) is 2. The van der Waals surface area contributed by atoms with Gasteiger partial charge in [-0.05, 0) is 79.6 Å². The fourth-order valence-electron chi connectivity index (χ4n) is 4.67. The van der Waals surface area contributed by atoms with Crippen LogP contribution in [0.15, 0.2) is 71.6 Å². The summed E-state index contributed by atoms with van der Waals surface area (Å²) in [7, 11) is -3.88. The Morgan fingerprint density at radius 3 is 2.15 bits per heavy atom. The van der Waals surface area contributed by atoms with Crippen molar-refractivity contribution in [1.82, 2.24) is 4.98 Å². The molecule has 5 rings (SSSR count). The van der Waals surface area contributed by atoms with Crippen LogP contribution < -0.4 is 14.5 Å². The van der Waals surface area contributed by atoms with Crippen LogP contribution in [0.3, 0.4) is 0 Å². The summed E-state index contributed by atoms with van der Waals surface area (Å²) < 4.78 is 42.0. The lowest BCUT2D eigenvalue weighted by atomic mass is 10.1. The molecule has 0 spiro atoms. The molecule has 0 radical (unpaired) electrons. The van der Waals surface area contributed by atoms with Crippen molar-refractivity contribution in [3.05, 3.63) is 89.2 Å². The van der Waals surface area contributed by atoms with Gasteiger partial charge >= 0.3 is 5.97 Å². The summed E-state index contributed by atoms with van der Waals surface area (Å²) in [4.78, 5) is 21.2. The van der Waals surface area contributed by atoms with E-state index in [1.807, 2.05) is 17.9 Å². The van der Waals surface area contributed by atoms with Crippen LogP contribution in [0.1, 0.15) is 21.5 Å². The van der Waals surface area contributed by atoms with Crippen molar-refractivity contribution >= 4 is 81.3 Å². The zero-order chi connectivity index (χ0) is 27.0. The standard InChI is InChI=1S/C28H27FN4O4S.3ClH/c1-18-3-4-19(2)26(15-18)38(36,37)31-21-7-10-25-23(16-21)24(28(34)35)17-27(30-25)33-13-11-32(12-14-33)22-8-5-20(29)6-9-22;;;/h3-10,15-17,31H,11-14H2,1-2H3,(H,34,35);3*1H. The predicted molar refractivity (Wildman–Crippen MR) is 168 cm³/mol. The minimum absolute atomic E-state index is 0. The van der Waals surface area contributed by atoms with E-state index >= 15 is 0 Å². The molecular weight excluding hydrogens is 614 g/mol. The average Bonchev–Trinajstić information content (AvgIpc) is 2.89. The summed E-state index contributed by atoms with van der Waals surface area (Å²) in [5.74, 6) is -0.870. The molecule has 13 heteroatoms. The largest absolute Gasteiger partial charge is 0.478 e. The van der Waals surface area contributed by atoms with Crippen molar-refractivity contribution in [1.29, 1.82) is 0 Å². The zero-order valence-corrected chi connectivity index (χ0v) is 25.5. The van der Waals surface area contributed by atoms with E-state index in [0.717, 1.165) is 11.3 Å². The van der Waals surface area contributed by atoms with E-state index in [9.17, 15) is 22.7 Å². The van der Waals surface area contributed by atoms with Crippen LogP contribution in [0.2, 0.25) is 0 Å². The Morgan fingerprint density at radius 2 is 1.51 bits per heavy atom. The minimum atomic E-state index is -3.88.